The van der Waals surface area contributed by atoms with E-state index < -0.39 is 0 Å². The van der Waals surface area contributed by atoms with E-state index in [1.54, 1.807) is 30.2 Å². The Morgan fingerprint density at radius 1 is 1.35 bits per heavy atom. The van der Waals surface area contributed by atoms with E-state index in [-0.39, 0.29) is 29.8 Å². The van der Waals surface area contributed by atoms with Gasteiger partial charge in [0.15, 0.2) is 0 Å². The van der Waals surface area contributed by atoms with E-state index in [0.29, 0.717) is 36.4 Å². The number of hydrogen-bond donors (Lipinski definition) is 3. The number of methoxy groups -OCH3 is 1. The number of fused-ring (bicyclic) bond motifs is 1. The number of rotatable bonds is 5. The van der Waals surface area contributed by atoms with Crippen LogP contribution >= 0.6 is 0 Å². The number of nitrogens with one attached hydrogen (secondary N) is 3. The number of aromatic nitrogens is 2. The standard InChI is InChI=1S/C15H18N4O4/c1-23-5-4-19-8-9(6-13(19)20)14(21)16-10-2-3-11-12(7-10)18-15(22)17-11/h2-3,7,9H,4-6,8H2,1H3,(H,16,21)(H2,17,18,22)/t9-/m0/s1. The summed E-state index contributed by atoms with van der Waals surface area (Å²) in [5.41, 5.74) is 1.59. The van der Waals surface area contributed by atoms with Crippen molar-refractivity contribution >= 4 is 28.5 Å². The van der Waals surface area contributed by atoms with Crippen LogP contribution in [0.5, 0.6) is 0 Å². The minimum Gasteiger partial charge on any atom is -0.383 e. The quantitative estimate of drug-likeness (QED) is 0.736. The monoisotopic (exact) mass is 318 g/mol. The maximum Gasteiger partial charge on any atom is 0.323 e. The molecule has 1 aliphatic heterocycles. The number of ether oxygens (including phenoxy) is 1. The van der Waals surface area contributed by atoms with Crippen LogP contribution in [0.25, 0.3) is 11.0 Å². The zero-order valence-corrected chi connectivity index (χ0v) is 12.7. The molecule has 1 aromatic carbocycles. The van der Waals surface area contributed by atoms with Crippen molar-refractivity contribution in [3.63, 3.8) is 0 Å². The summed E-state index contributed by atoms with van der Waals surface area (Å²) < 4.78 is 4.96. The highest BCUT2D eigenvalue weighted by Crippen LogP contribution is 2.21. The summed E-state index contributed by atoms with van der Waals surface area (Å²) in [5, 5.41) is 2.80. The number of amides is 2. The summed E-state index contributed by atoms with van der Waals surface area (Å²) in [5.74, 6) is -0.608. The molecule has 1 atom stereocenters. The summed E-state index contributed by atoms with van der Waals surface area (Å²) in [6.07, 6.45) is 0.207. The van der Waals surface area contributed by atoms with E-state index in [0.717, 1.165) is 0 Å². The molecule has 23 heavy (non-hydrogen) atoms. The summed E-state index contributed by atoms with van der Waals surface area (Å²) in [4.78, 5) is 42.3. The first-order valence-corrected chi connectivity index (χ1v) is 7.36. The molecule has 3 rings (SSSR count). The molecule has 1 aliphatic rings. The number of carbonyl (C=O) groups excluding carboxylic acids is 2. The number of likely N-dealkylation sites (tertiary alicyclic amines) is 1. The van der Waals surface area contributed by atoms with Crippen LogP contribution in [-0.2, 0) is 14.3 Å². The fourth-order valence-electron chi connectivity index (χ4n) is 2.72. The fourth-order valence-corrected chi connectivity index (χ4v) is 2.72. The molecule has 0 radical (unpaired) electrons. The third-order valence-electron chi connectivity index (χ3n) is 3.93. The van der Waals surface area contributed by atoms with Gasteiger partial charge in [0.2, 0.25) is 11.8 Å². The van der Waals surface area contributed by atoms with Crippen molar-refractivity contribution in [2.24, 2.45) is 5.92 Å². The van der Waals surface area contributed by atoms with Crippen LogP contribution in [0.2, 0.25) is 0 Å². The van der Waals surface area contributed by atoms with Crippen LogP contribution in [-0.4, -0.2) is 53.5 Å². The number of nitrogens with zero attached hydrogens (tertiary/aromatic N) is 1. The molecule has 1 fully saturated rings. The Balaban J connectivity index is 1.66. The molecule has 0 saturated carbocycles. The van der Waals surface area contributed by atoms with E-state index in [9.17, 15) is 14.4 Å². The summed E-state index contributed by atoms with van der Waals surface area (Å²) >= 11 is 0. The third kappa shape index (κ3) is 3.26. The molecule has 8 heteroatoms. The van der Waals surface area contributed by atoms with Crippen LogP contribution in [0.15, 0.2) is 23.0 Å². The van der Waals surface area contributed by atoms with Gasteiger partial charge < -0.3 is 24.9 Å². The topological polar surface area (TPSA) is 107 Å². The van der Waals surface area contributed by atoms with E-state index in [4.69, 9.17) is 4.74 Å². The number of hydrogen-bond acceptors (Lipinski definition) is 4. The molecule has 8 nitrogen and oxygen atoms in total. The van der Waals surface area contributed by atoms with Crippen molar-refractivity contribution < 1.29 is 14.3 Å². The molecule has 3 N–H and O–H groups in total. The normalized spacial score (nSPS) is 17.9. The van der Waals surface area contributed by atoms with Crippen LogP contribution < -0.4 is 11.0 Å². The van der Waals surface area contributed by atoms with Gasteiger partial charge in [0, 0.05) is 32.3 Å². The van der Waals surface area contributed by atoms with E-state index in [1.807, 2.05) is 0 Å². The smallest absolute Gasteiger partial charge is 0.323 e. The molecule has 0 bridgehead atoms. The Bertz CT molecular complexity index is 794. The summed E-state index contributed by atoms with van der Waals surface area (Å²) in [7, 11) is 1.58. The van der Waals surface area contributed by atoms with Crippen molar-refractivity contribution in [2.75, 3.05) is 32.1 Å². The maximum absolute atomic E-state index is 12.3. The lowest BCUT2D eigenvalue weighted by atomic mass is 10.1. The Kier molecular flexibility index (Phi) is 4.16. The molecule has 1 aromatic heterocycles. The molecule has 2 amide bonds. The number of aromatic amines is 2. The van der Waals surface area contributed by atoms with Crippen LogP contribution in [0, 0.1) is 5.92 Å². The number of imidazole rings is 1. The number of benzene rings is 1. The second-order valence-electron chi connectivity index (χ2n) is 5.56. The van der Waals surface area contributed by atoms with Crippen molar-refractivity contribution in [3.8, 4) is 0 Å². The van der Waals surface area contributed by atoms with Crippen molar-refractivity contribution in [1.29, 1.82) is 0 Å². The average molecular weight is 318 g/mol. The van der Waals surface area contributed by atoms with Crippen molar-refractivity contribution in [1.82, 2.24) is 14.9 Å². The summed E-state index contributed by atoms with van der Waals surface area (Å²) in [6, 6.07) is 5.11. The molecule has 0 spiro atoms. The van der Waals surface area contributed by atoms with Crippen LogP contribution in [0.4, 0.5) is 5.69 Å². The Morgan fingerprint density at radius 2 is 2.13 bits per heavy atom. The first-order valence-electron chi connectivity index (χ1n) is 7.36. The van der Waals surface area contributed by atoms with Gasteiger partial charge in [-0.05, 0) is 18.2 Å². The second-order valence-corrected chi connectivity index (χ2v) is 5.56. The van der Waals surface area contributed by atoms with E-state index >= 15 is 0 Å². The van der Waals surface area contributed by atoms with E-state index in [2.05, 4.69) is 15.3 Å². The van der Waals surface area contributed by atoms with Crippen LogP contribution in [0.3, 0.4) is 0 Å². The molecule has 0 aliphatic carbocycles. The lowest BCUT2D eigenvalue weighted by Gasteiger charge is -2.15. The molecular weight excluding hydrogens is 300 g/mol. The lowest BCUT2D eigenvalue weighted by molar-refractivity contribution is -0.128. The highest BCUT2D eigenvalue weighted by Gasteiger charge is 2.33. The molecule has 0 unspecified atom stereocenters. The molecule has 2 heterocycles. The first kappa shape index (κ1) is 15.3. The van der Waals surface area contributed by atoms with Gasteiger partial charge >= 0.3 is 5.69 Å². The minimum atomic E-state index is -0.375. The van der Waals surface area contributed by atoms with Gasteiger partial charge in [0.1, 0.15) is 0 Å². The highest BCUT2D eigenvalue weighted by atomic mass is 16.5. The average Bonchev–Trinajstić information content (AvgIpc) is 3.06. The number of H-pyrrole nitrogens is 2. The SMILES string of the molecule is COCCN1C[C@@H](C(=O)Nc2ccc3[nH]c(=O)[nH]c3c2)CC1=O. The fraction of sp³-hybridized carbons (Fsp3) is 0.400. The summed E-state index contributed by atoms with van der Waals surface area (Å²) in [6.45, 7) is 1.35. The predicted octanol–water partition coefficient (Wildman–Crippen LogP) is 0.290. The molecular formula is C15H18N4O4. The number of carbonyl (C=O) groups is 2. The second kappa shape index (κ2) is 6.25. The lowest BCUT2D eigenvalue weighted by Crippen LogP contribution is -2.30. The molecule has 122 valence electrons. The van der Waals surface area contributed by atoms with E-state index in [1.165, 1.54) is 0 Å². The van der Waals surface area contributed by atoms with Gasteiger partial charge in [-0.2, -0.15) is 0 Å². The Morgan fingerprint density at radius 3 is 2.91 bits per heavy atom. The zero-order chi connectivity index (χ0) is 16.4. The van der Waals surface area contributed by atoms with Crippen molar-refractivity contribution in [3.05, 3.63) is 28.7 Å². The predicted molar refractivity (Wildman–Crippen MR) is 84.1 cm³/mol. The van der Waals surface area contributed by atoms with Gasteiger partial charge in [0.05, 0.1) is 23.6 Å². The van der Waals surface area contributed by atoms with Crippen LogP contribution in [0.1, 0.15) is 6.42 Å². The van der Waals surface area contributed by atoms with Gasteiger partial charge in [-0.1, -0.05) is 0 Å². The minimum absolute atomic E-state index is 0.0346. The van der Waals surface area contributed by atoms with Gasteiger partial charge in [-0.25, -0.2) is 4.79 Å². The zero-order valence-electron chi connectivity index (χ0n) is 12.7. The Labute approximate surface area is 131 Å². The Hall–Kier alpha value is -2.61. The van der Waals surface area contributed by atoms with Gasteiger partial charge in [-0.15, -0.1) is 0 Å². The molecule has 1 saturated heterocycles. The maximum atomic E-state index is 12.3. The molecule has 2 aromatic rings. The van der Waals surface area contributed by atoms with Gasteiger partial charge in [0.25, 0.3) is 0 Å². The van der Waals surface area contributed by atoms with Crippen molar-refractivity contribution in [2.45, 2.75) is 6.42 Å². The van der Waals surface area contributed by atoms with Gasteiger partial charge in [-0.3, -0.25) is 9.59 Å². The highest BCUT2D eigenvalue weighted by molar-refractivity contribution is 5.98. The number of anilines is 1. The first-order chi connectivity index (χ1) is 11.1. The largest absolute Gasteiger partial charge is 0.383 e. The third-order valence-corrected chi connectivity index (χ3v) is 3.93.